The molecule has 3 aromatic heterocycles. The van der Waals surface area contributed by atoms with Crippen molar-refractivity contribution in [3.8, 4) is 0 Å². The maximum Gasteiger partial charge on any atom is 0.230 e. The monoisotopic (exact) mass is 484 g/mol. The van der Waals surface area contributed by atoms with Crippen molar-refractivity contribution >= 4 is 69.3 Å². The highest BCUT2D eigenvalue weighted by atomic mass is 32.2. The summed E-state index contributed by atoms with van der Waals surface area (Å²) in [6.45, 7) is 1.28. The molecule has 2 amide bonds. The topological polar surface area (TPSA) is 84.0 Å². The van der Waals surface area contributed by atoms with Crippen LogP contribution in [0, 0.1) is 0 Å². The Morgan fingerprint density at radius 2 is 1.31 bits per heavy atom. The molecule has 0 atom stereocenters. The number of nitrogens with zero attached hydrogens (tertiary/aromatic N) is 2. The number of nitrogens with one attached hydrogen (secondary N) is 2. The lowest BCUT2D eigenvalue weighted by molar-refractivity contribution is -0.119. The van der Waals surface area contributed by atoms with Gasteiger partial charge >= 0.3 is 0 Å². The highest BCUT2D eigenvalue weighted by Crippen LogP contribution is 2.28. The van der Waals surface area contributed by atoms with Crippen molar-refractivity contribution in [2.75, 3.05) is 24.6 Å². The molecule has 2 N–H and O–H groups in total. The summed E-state index contributed by atoms with van der Waals surface area (Å²) in [5, 5.41) is 18.1. The molecule has 29 heavy (non-hydrogen) atoms. The fourth-order valence-electron chi connectivity index (χ4n) is 2.23. The Morgan fingerprint density at radius 3 is 1.72 bits per heavy atom. The van der Waals surface area contributed by atoms with Crippen molar-refractivity contribution < 1.29 is 9.59 Å². The minimum Gasteiger partial charge on any atom is -0.355 e. The second-order valence-electron chi connectivity index (χ2n) is 5.77. The smallest absolute Gasteiger partial charge is 0.230 e. The third kappa shape index (κ3) is 8.47. The van der Waals surface area contributed by atoms with Gasteiger partial charge in [0.15, 0.2) is 8.68 Å². The molecule has 0 fully saturated rings. The molecule has 11 heteroatoms. The van der Waals surface area contributed by atoms with Crippen LogP contribution in [0.15, 0.2) is 43.7 Å². The van der Waals surface area contributed by atoms with Crippen LogP contribution in [0.4, 0.5) is 0 Å². The predicted molar refractivity (Wildman–Crippen MR) is 123 cm³/mol. The van der Waals surface area contributed by atoms with Crippen molar-refractivity contribution in [1.29, 1.82) is 0 Å². The van der Waals surface area contributed by atoms with Crippen LogP contribution in [-0.2, 0) is 22.4 Å². The molecule has 0 aliphatic heterocycles. The lowest BCUT2D eigenvalue weighted by atomic mass is 10.3. The number of amides is 2. The molecule has 0 aromatic carbocycles. The van der Waals surface area contributed by atoms with Gasteiger partial charge in [-0.25, -0.2) is 0 Å². The number of hydrogen-bond donors (Lipinski definition) is 2. The van der Waals surface area contributed by atoms with E-state index in [2.05, 4.69) is 33.0 Å². The predicted octanol–water partition coefficient (Wildman–Crippen LogP) is 3.56. The van der Waals surface area contributed by atoms with Crippen LogP contribution in [0.3, 0.4) is 0 Å². The molecule has 3 aromatic rings. The first-order chi connectivity index (χ1) is 14.2. The highest BCUT2D eigenvalue weighted by Gasteiger charge is 2.10. The molecule has 6 nitrogen and oxygen atoms in total. The van der Waals surface area contributed by atoms with Gasteiger partial charge < -0.3 is 10.6 Å². The van der Waals surface area contributed by atoms with E-state index in [-0.39, 0.29) is 11.8 Å². The van der Waals surface area contributed by atoms with Gasteiger partial charge in [-0.2, -0.15) is 0 Å². The van der Waals surface area contributed by atoms with E-state index < -0.39 is 0 Å². The van der Waals surface area contributed by atoms with Crippen LogP contribution in [0.1, 0.15) is 9.75 Å². The van der Waals surface area contributed by atoms with E-state index in [9.17, 15) is 9.59 Å². The molecule has 154 valence electrons. The molecule has 3 rings (SSSR count). The third-order valence-electron chi connectivity index (χ3n) is 3.59. The molecular weight excluding hydrogens is 465 g/mol. The Bertz CT molecular complexity index is 809. The number of aromatic nitrogens is 2. The maximum absolute atomic E-state index is 11.9. The van der Waals surface area contributed by atoms with Crippen molar-refractivity contribution in [2.24, 2.45) is 0 Å². The van der Waals surface area contributed by atoms with Gasteiger partial charge in [-0.15, -0.1) is 32.9 Å². The van der Waals surface area contributed by atoms with Crippen molar-refractivity contribution in [2.45, 2.75) is 21.5 Å². The largest absolute Gasteiger partial charge is 0.355 e. The van der Waals surface area contributed by atoms with Crippen molar-refractivity contribution in [1.82, 2.24) is 20.8 Å². The number of carbonyl (C=O) groups excluding carboxylic acids is 2. The Hall–Kier alpha value is -1.40. The summed E-state index contributed by atoms with van der Waals surface area (Å²) < 4.78 is 1.47. The summed E-state index contributed by atoms with van der Waals surface area (Å²) in [4.78, 5) is 26.4. The van der Waals surface area contributed by atoms with Gasteiger partial charge in [0.1, 0.15) is 0 Å². The SMILES string of the molecule is O=C(CSc1nnc(SCC(=O)NCCc2cccs2)s1)NCCc1cccs1. The number of thiophene rings is 2. The van der Waals surface area contributed by atoms with Gasteiger partial charge in [0, 0.05) is 22.8 Å². The zero-order valence-corrected chi connectivity index (χ0v) is 19.5. The van der Waals surface area contributed by atoms with Gasteiger partial charge in [-0.1, -0.05) is 47.0 Å². The van der Waals surface area contributed by atoms with Crippen LogP contribution in [0.5, 0.6) is 0 Å². The van der Waals surface area contributed by atoms with E-state index in [1.807, 2.05) is 22.9 Å². The minimum atomic E-state index is -0.0129. The number of rotatable bonds is 12. The molecule has 0 spiro atoms. The van der Waals surface area contributed by atoms with Gasteiger partial charge in [-0.3, -0.25) is 9.59 Å². The van der Waals surface area contributed by atoms with E-state index in [1.54, 1.807) is 22.7 Å². The quantitative estimate of drug-likeness (QED) is 0.383. The number of thioether (sulfide) groups is 2. The van der Waals surface area contributed by atoms with E-state index in [4.69, 9.17) is 0 Å². The average molecular weight is 485 g/mol. The Labute approximate surface area is 189 Å². The molecule has 3 heterocycles. The normalized spacial score (nSPS) is 10.8. The first-order valence-electron chi connectivity index (χ1n) is 8.86. The summed E-state index contributed by atoms with van der Waals surface area (Å²) in [7, 11) is 0. The minimum absolute atomic E-state index is 0.0129. The molecule has 0 saturated carbocycles. The first-order valence-corrected chi connectivity index (χ1v) is 13.4. The standard InChI is InChI=1S/C18H20N4O2S5/c23-15(19-7-5-13-3-1-9-25-13)11-27-17-21-22-18(29-17)28-12-16(24)20-8-6-14-4-2-10-26-14/h1-4,9-10H,5-8,11-12H2,(H,19,23)(H,20,24). The molecule has 0 saturated heterocycles. The average Bonchev–Trinajstić information content (AvgIpc) is 3.47. The zero-order chi connectivity index (χ0) is 20.3. The molecular formula is C18H20N4O2S5. The zero-order valence-electron chi connectivity index (χ0n) is 15.5. The maximum atomic E-state index is 11.9. The lowest BCUT2D eigenvalue weighted by Gasteiger charge is -2.03. The van der Waals surface area contributed by atoms with Gasteiger partial charge in [0.2, 0.25) is 11.8 Å². The van der Waals surface area contributed by atoms with Gasteiger partial charge in [-0.05, 0) is 35.7 Å². The lowest BCUT2D eigenvalue weighted by Crippen LogP contribution is -2.27. The molecule has 0 aliphatic rings. The number of carbonyl (C=O) groups is 2. The summed E-state index contributed by atoms with van der Waals surface area (Å²) in [5.74, 6) is 0.599. The van der Waals surface area contributed by atoms with Crippen LogP contribution in [0.2, 0.25) is 0 Å². The highest BCUT2D eigenvalue weighted by molar-refractivity contribution is 8.03. The number of hydrogen-bond acceptors (Lipinski definition) is 9. The van der Waals surface area contributed by atoms with Crippen LogP contribution in [0.25, 0.3) is 0 Å². The van der Waals surface area contributed by atoms with Crippen molar-refractivity contribution in [3.63, 3.8) is 0 Å². The molecule has 0 bridgehead atoms. The second-order valence-corrected chi connectivity index (χ2v) is 11.3. The summed E-state index contributed by atoms with van der Waals surface area (Å²) in [6, 6.07) is 8.15. The van der Waals surface area contributed by atoms with Crippen LogP contribution in [-0.4, -0.2) is 46.6 Å². The third-order valence-corrected chi connectivity index (χ3v) is 8.65. The summed E-state index contributed by atoms with van der Waals surface area (Å²) in [5.41, 5.74) is 0. The van der Waals surface area contributed by atoms with E-state index >= 15 is 0 Å². The van der Waals surface area contributed by atoms with Gasteiger partial charge in [0.05, 0.1) is 11.5 Å². The molecule has 0 unspecified atom stereocenters. The Morgan fingerprint density at radius 1 is 0.828 bits per heavy atom. The fourth-order valence-corrected chi connectivity index (χ4v) is 6.33. The summed E-state index contributed by atoms with van der Waals surface area (Å²) >= 11 is 7.53. The Kier molecular flexibility index (Phi) is 9.48. The van der Waals surface area contributed by atoms with E-state index in [0.29, 0.717) is 24.6 Å². The van der Waals surface area contributed by atoms with Crippen LogP contribution >= 0.6 is 57.5 Å². The molecule has 0 aliphatic carbocycles. The fraction of sp³-hybridized carbons (Fsp3) is 0.333. The first kappa shape index (κ1) is 22.3. The van der Waals surface area contributed by atoms with E-state index in [0.717, 1.165) is 21.5 Å². The summed E-state index contributed by atoms with van der Waals surface area (Å²) in [6.07, 6.45) is 1.70. The van der Waals surface area contributed by atoms with Crippen LogP contribution < -0.4 is 10.6 Å². The second kappa shape index (κ2) is 12.3. The molecule has 0 radical (unpaired) electrons. The Balaban J connectivity index is 1.27. The van der Waals surface area contributed by atoms with E-state index in [1.165, 1.54) is 44.6 Å². The van der Waals surface area contributed by atoms with Gasteiger partial charge in [0.25, 0.3) is 0 Å². The van der Waals surface area contributed by atoms with Crippen molar-refractivity contribution in [3.05, 3.63) is 44.8 Å².